The van der Waals surface area contributed by atoms with Gasteiger partial charge in [-0.15, -0.1) is 0 Å². The Morgan fingerprint density at radius 3 is 2.41 bits per heavy atom. The van der Waals surface area contributed by atoms with Crippen LogP contribution in [0.15, 0.2) is 52.8 Å². The number of hydrogen-bond donors (Lipinski definition) is 0. The summed E-state index contributed by atoms with van der Waals surface area (Å²) in [7, 11) is 2.67. The van der Waals surface area contributed by atoms with Crippen LogP contribution in [0.1, 0.15) is 36.1 Å². The van der Waals surface area contributed by atoms with Gasteiger partial charge in [-0.3, -0.25) is 0 Å². The van der Waals surface area contributed by atoms with E-state index < -0.39 is 5.97 Å². The molecule has 0 aliphatic rings. The molecule has 7 nitrogen and oxygen atoms in total. The zero-order valence-corrected chi connectivity index (χ0v) is 17.4. The van der Waals surface area contributed by atoms with Crippen LogP contribution in [-0.4, -0.2) is 38.2 Å². The molecule has 0 bridgehead atoms. The highest BCUT2D eigenvalue weighted by atomic mass is 16.6. The summed E-state index contributed by atoms with van der Waals surface area (Å²) in [6, 6.07) is 13.2. The van der Waals surface area contributed by atoms with Gasteiger partial charge in [0.05, 0.1) is 19.4 Å². The molecule has 0 spiro atoms. The minimum atomic E-state index is -0.593. The second-order valence-electron chi connectivity index (χ2n) is 6.09. The molecular formula is C22H26N2O5. The number of rotatable bonds is 9. The van der Waals surface area contributed by atoms with Crippen molar-refractivity contribution in [3.8, 4) is 5.75 Å². The number of esters is 1. The Morgan fingerprint density at radius 1 is 1.00 bits per heavy atom. The van der Waals surface area contributed by atoms with E-state index in [4.69, 9.17) is 19.1 Å². The van der Waals surface area contributed by atoms with Crippen LogP contribution in [0.3, 0.4) is 0 Å². The minimum absolute atomic E-state index is 0.0692. The quantitative estimate of drug-likeness (QED) is 0.364. The van der Waals surface area contributed by atoms with Crippen LogP contribution in [0.4, 0.5) is 0 Å². The first kappa shape index (κ1) is 21.9. The molecule has 0 saturated carbocycles. The van der Waals surface area contributed by atoms with E-state index >= 15 is 0 Å². The average molecular weight is 398 g/mol. The predicted octanol–water partition coefficient (Wildman–Crippen LogP) is 3.86. The SMILES string of the molecule is CCOc1ccccc1/C(C)=N/OCc1c(C)cccc1/C(=N\OC)C(=O)OC. The molecule has 0 aliphatic heterocycles. The third-order valence-corrected chi connectivity index (χ3v) is 4.21. The molecule has 154 valence electrons. The lowest BCUT2D eigenvalue weighted by atomic mass is 9.99. The number of benzene rings is 2. The number of oxime groups is 2. The van der Waals surface area contributed by atoms with Gasteiger partial charge in [0.25, 0.3) is 0 Å². The maximum atomic E-state index is 12.1. The van der Waals surface area contributed by atoms with E-state index in [-0.39, 0.29) is 12.3 Å². The van der Waals surface area contributed by atoms with E-state index in [9.17, 15) is 4.79 Å². The van der Waals surface area contributed by atoms with Crippen molar-refractivity contribution < 1.29 is 23.9 Å². The molecule has 7 heteroatoms. The fourth-order valence-electron chi connectivity index (χ4n) is 2.79. The summed E-state index contributed by atoms with van der Waals surface area (Å²) in [5.74, 6) is 0.153. The van der Waals surface area contributed by atoms with Crippen molar-refractivity contribution in [3.05, 3.63) is 64.7 Å². The summed E-state index contributed by atoms with van der Waals surface area (Å²) < 4.78 is 10.5. The Balaban J connectivity index is 2.28. The van der Waals surface area contributed by atoms with Crippen molar-refractivity contribution in [3.63, 3.8) is 0 Å². The standard InChI is InChI=1S/C22H26N2O5/c1-6-28-20-13-8-7-11-17(20)16(3)23-29-14-19-15(2)10-9-12-18(19)21(24-27-5)22(25)26-4/h7-13H,6,14H2,1-5H3/b23-16+,24-21+. The van der Waals surface area contributed by atoms with Crippen molar-refractivity contribution in [2.45, 2.75) is 27.4 Å². The Bertz CT molecular complexity index is 906. The van der Waals surface area contributed by atoms with Gasteiger partial charge >= 0.3 is 5.97 Å². The maximum absolute atomic E-state index is 12.1. The first-order chi connectivity index (χ1) is 14.0. The van der Waals surface area contributed by atoms with Crippen LogP contribution in [0.25, 0.3) is 0 Å². The van der Waals surface area contributed by atoms with Gasteiger partial charge in [0.1, 0.15) is 19.5 Å². The van der Waals surface area contributed by atoms with Crippen LogP contribution in [0, 0.1) is 6.92 Å². The minimum Gasteiger partial charge on any atom is -0.493 e. The number of ether oxygens (including phenoxy) is 2. The fraction of sp³-hybridized carbons (Fsp3) is 0.318. The molecular weight excluding hydrogens is 372 g/mol. The number of hydrogen-bond acceptors (Lipinski definition) is 7. The Hall–Kier alpha value is -3.35. The highest BCUT2D eigenvalue weighted by Crippen LogP contribution is 2.21. The Labute approximate surface area is 170 Å². The van der Waals surface area contributed by atoms with Gasteiger partial charge in [0.15, 0.2) is 5.71 Å². The number of nitrogens with zero attached hydrogens (tertiary/aromatic N) is 2. The normalized spacial score (nSPS) is 11.8. The van der Waals surface area contributed by atoms with Crippen LogP contribution >= 0.6 is 0 Å². The second-order valence-corrected chi connectivity index (χ2v) is 6.09. The van der Waals surface area contributed by atoms with E-state index in [1.807, 2.05) is 57.2 Å². The second kappa shape index (κ2) is 10.8. The van der Waals surface area contributed by atoms with Crippen molar-refractivity contribution in [1.82, 2.24) is 0 Å². The monoisotopic (exact) mass is 398 g/mol. The van der Waals surface area contributed by atoms with Gasteiger partial charge in [-0.25, -0.2) is 4.79 Å². The summed E-state index contributed by atoms with van der Waals surface area (Å²) in [5, 5.41) is 8.06. The molecule has 0 aromatic heterocycles. The molecule has 2 rings (SSSR count). The summed E-state index contributed by atoms with van der Waals surface area (Å²) in [6.45, 7) is 6.41. The molecule has 2 aromatic rings. The maximum Gasteiger partial charge on any atom is 0.360 e. The van der Waals surface area contributed by atoms with Gasteiger partial charge in [0.2, 0.25) is 0 Å². The van der Waals surface area contributed by atoms with E-state index in [1.165, 1.54) is 14.2 Å². The van der Waals surface area contributed by atoms with Crippen molar-refractivity contribution in [2.24, 2.45) is 10.3 Å². The van der Waals surface area contributed by atoms with E-state index in [1.54, 1.807) is 6.07 Å². The molecule has 0 fully saturated rings. The van der Waals surface area contributed by atoms with Crippen LogP contribution in [-0.2, 0) is 25.8 Å². The number of para-hydroxylation sites is 1. The van der Waals surface area contributed by atoms with Crippen LogP contribution < -0.4 is 4.74 Å². The summed E-state index contributed by atoms with van der Waals surface area (Å²) in [5.41, 5.74) is 3.88. The Morgan fingerprint density at radius 2 is 1.72 bits per heavy atom. The lowest BCUT2D eigenvalue weighted by Crippen LogP contribution is -2.20. The van der Waals surface area contributed by atoms with Gasteiger partial charge in [-0.05, 0) is 38.5 Å². The topological polar surface area (TPSA) is 78.7 Å². The molecule has 0 N–H and O–H groups in total. The van der Waals surface area contributed by atoms with E-state index in [2.05, 4.69) is 10.3 Å². The molecule has 0 amide bonds. The van der Waals surface area contributed by atoms with Gasteiger partial charge in [0, 0.05) is 16.7 Å². The smallest absolute Gasteiger partial charge is 0.360 e. The highest BCUT2D eigenvalue weighted by molar-refractivity contribution is 6.43. The molecule has 0 radical (unpaired) electrons. The molecule has 0 heterocycles. The number of carbonyl (C=O) groups excluding carboxylic acids is 1. The number of methoxy groups -OCH3 is 1. The van der Waals surface area contributed by atoms with Crippen LogP contribution in [0.2, 0.25) is 0 Å². The Kier molecular flexibility index (Phi) is 8.21. The van der Waals surface area contributed by atoms with Crippen molar-refractivity contribution in [2.75, 3.05) is 20.8 Å². The summed E-state index contributed by atoms with van der Waals surface area (Å²) >= 11 is 0. The third kappa shape index (κ3) is 5.57. The molecule has 0 atom stereocenters. The number of aryl methyl sites for hydroxylation is 1. The molecule has 0 aliphatic carbocycles. The molecule has 0 unspecified atom stereocenters. The number of carbonyl (C=O) groups is 1. The molecule has 0 saturated heterocycles. The predicted molar refractivity (Wildman–Crippen MR) is 111 cm³/mol. The van der Waals surface area contributed by atoms with Crippen molar-refractivity contribution >= 4 is 17.4 Å². The highest BCUT2D eigenvalue weighted by Gasteiger charge is 2.20. The van der Waals surface area contributed by atoms with E-state index in [0.717, 1.165) is 22.4 Å². The summed E-state index contributed by atoms with van der Waals surface area (Å²) in [6.07, 6.45) is 0. The third-order valence-electron chi connectivity index (χ3n) is 4.21. The van der Waals surface area contributed by atoms with Crippen molar-refractivity contribution in [1.29, 1.82) is 0 Å². The van der Waals surface area contributed by atoms with E-state index in [0.29, 0.717) is 17.9 Å². The molecule has 2 aromatic carbocycles. The lowest BCUT2D eigenvalue weighted by Gasteiger charge is -2.13. The lowest BCUT2D eigenvalue weighted by molar-refractivity contribution is -0.132. The first-order valence-electron chi connectivity index (χ1n) is 9.20. The zero-order chi connectivity index (χ0) is 21.2. The van der Waals surface area contributed by atoms with Crippen LogP contribution in [0.5, 0.6) is 5.75 Å². The molecule has 29 heavy (non-hydrogen) atoms. The summed E-state index contributed by atoms with van der Waals surface area (Å²) in [4.78, 5) is 22.6. The van der Waals surface area contributed by atoms with Gasteiger partial charge < -0.3 is 19.1 Å². The average Bonchev–Trinajstić information content (AvgIpc) is 2.73. The zero-order valence-electron chi connectivity index (χ0n) is 17.4. The largest absolute Gasteiger partial charge is 0.493 e. The first-order valence-corrected chi connectivity index (χ1v) is 9.20. The fourth-order valence-corrected chi connectivity index (χ4v) is 2.79. The van der Waals surface area contributed by atoms with Gasteiger partial charge in [-0.1, -0.05) is 40.6 Å². The van der Waals surface area contributed by atoms with Gasteiger partial charge in [-0.2, -0.15) is 0 Å².